The second kappa shape index (κ2) is 4.99. The third-order valence-electron chi connectivity index (χ3n) is 2.13. The van der Waals surface area contributed by atoms with Gasteiger partial charge in [-0.05, 0) is 24.0 Å². The van der Waals surface area contributed by atoms with Crippen molar-refractivity contribution in [3.8, 4) is 0 Å². The van der Waals surface area contributed by atoms with Gasteiger partial charge in [-0.2, -0.15) is 0 Å². The molecular formula is C10H14BrClN2. The van der Waals surface area contributed by atoms with Crippen LogP contribution in [-0.2, 0) is 0 Å². The predicted octanol–water partition coefficient (Wildman–Crippen LogP) is 3.59. The molecule has 2 unspecified atom stereocenters. The fraction of sp³-hybridized carbons (Fsp3) is 0.500. The molecule has 1 aromatic rings. The first kappa shape index (κ1) is 11.8. The summed E-state index contributed by atoms with van der Waals surface area (Å²) in [5, 5.41) is 0.642. The van der Waals surface area contributed by atoms with Gasteiger partial charge in [-0.25, -0.2) is 4.98 Å². The van der Waals surface area contributed by atoms with E-state index >= 15 is 0 Å². The number of nitrogen functional groups attached to an aromatic ring is 1. The highest BCUT2D eigenvalue weighted by Crippen LogP contribution is 2.28. The van der Waals surface area contributed by atoms with Gasteiger partial charge in [0.2, 0.25) is 0 Å². The van der Waals surface area contributed by atoms with Crippen molar-refractivity contribution in [2.24, 2.45) is 0 Å². The molecule has 2 atom stereocenters. The molecule has 0 fully saturated rings. The molecule has 0 aromatic carbocycles. The van der Waals surface area contributed by atoms with Gasteiger partial charge in [0.1, 0.15) is 5.82 Å². The molecule has 0 aliphatic carbocycles. The van der Waals surface area contributed by atoms with Crippen LogP contribution in [0, 0.1) is 0 Å². The Morgan fingerprint density at radius 3 is 2.79 bits per heavy atom. The Kier molecular flexibility index (Phi) is 4.20. The minimum absolute atomic E-state index is 0.371. The molecule has 0 bridgehead atoms. The van der Waals surface area contributed by atoms with Crippen LogP contribution in [0.5, 0.6) is 0 Å². The number of alkyl halides is 1. The molecule has 0 aliphatic heterocycles. The average molecular weight is 278 g/mol. The zero-order valence-electron chi connectivity index (χ0n) is 8.30. The molecular weight excluding hydrogens is 263 g/mol. The number of hydrogen-bond donors (Lipinski definition) is 1. The molecule has 1 aromatic heterocycles. The van der Waals surface area contributed by atoms with E-state index in [-0.39, 0.29) is 0 Å². The van der Waals surface area contributed by atoms with E-state index in [1.54, 1.807) is 6.20 Å². The molecule has 14 heavy (non-hydrogen) atoms. The fourth-order valence-corrected chi connectivity index (χ4v) is 2.20. The lowest BCUT2D eigenvalue weighted by Gasteiger charge is -2.15. The standard InChI is InChI=1S/C10H14BrClN2/c1-6(3-7(2)11)9-4-8(12)5-14-10(9)13/h4-7H,3H2,1-2H3,(H2,13,14). The molecule has 0 saturated carbocycles. The maximum atomic E-state index is 5.87. The molecule has 1 heterocycles. The lowest BCUT2D eigenvalue weighted by Crippen LogP contribution is -2.05. The number of aromatic nitrogens is 1. The van der Waals surface area contributed by atoms with Crippen LogP contribution in [0.25, 0.3) is 0 Å². The highest BCUT2D eigenvalue weighted by molar-refractivity contribution is 9.09. The summed E-state index contributed by atoms with van der Waals surface area (Å²) < 4.78 is 0. The predicted molar refractivity (Wildman–Crippen MR) is 65.1 cm³/mol. The van der Waals surface area contributed by atoms with E-state index in [2.05, 4.69) is 34.8 Å². The van der Waals surface area contributed by atoms with Gasteiger partial charge < -0.3 is 5.73 Å². The number of halogens is 2. The fourth-order valence-electron chi connectivity index (χ4n) is 1.47. The first-order chi connectivity index (χ1) is 6.50. The van der Waals surface area contributed by atoms with Crippen molar-refractivity contribution >= 4 is 33.3 Å². The van der Waals surface area contributed by atoms with Gasteiger partial charge in [0.15, 0.2) is 0 Å². The number of hydrogen-bond acceptors (Lipinski definition) is 2. The zero-order chi connectivity index (χ0) is 10.7. The summed E-state index contributed by atoms with van der Waals surface area (Å²) in [4.78, 5) is 4.51. The van der Waals surface area contributed by atoms with E-state index in [0.717, 1.165) is 12.0 Å². The summed E-state index contributed by atoms with van der Waals surface area (Å²) in [6.45, 7) is 4.24. The van der Waals surface area contributed by atoms with E-state index in [4.69, 9.17) is 17.3 Å². The van der Waals surface area contributed by atoms with Gasteiger partial charge in [0, 0.05) is 11.0 Å². The topological polar surface area (TPSA) is 38.9 Å². The quantitative estimate of drug-likeness (QED) is 0.858. The van der Waals surface area contributed by atoms with E-state index in [9.17, 15) is 0 Å². The molecule has 0 aliphatic rings. The summed E-state index contributed by atoms with van der Waals surface area (Å²) in [5.74, 6) is 0.950. The van der Waals surface area contributed by atoms with Gasteiger partial charge in [-0.15, -0.1) is 0 Å². The minimum Gasteiger partial charge on any atom is -0.383 e. The summed E-state index contributed by atoms with van der Waals surface area (Å²) in [6, 6.07) is 1.89. The van der Waals surface area contributed by atoms with Crippen molar-refractivity contribution in [3.63, 3.8) is 0 Å². The summed E-state index contributed by atoms with van der Waals surface area (Å²) in [7, 11) is 0. The number of nitrogens with two attached hydrogens (primary N) is 1. The Labute approximate surface area is 98.0 Å². The van der Waals surface area contributed by atoms with Crippen LogP contribution < -0.4 is 5.73 Å². The van der Waals surface area contributed by atoms with Crippen molar-refractivity contribution in [1.29, 1.82) is 0 Å². The van der Waals surface area contributed by atoms with Crippen molar-refractivity contribution in [2.75, 3.05) is 5.73 Å². The molecule has 0 saturated heterocycles. The number of pyridine rings is 1. The van der Waals surface area contributed by atoms with Gasteiger partial charge in [-0.1, -0.05) is 41.4 Å². The van der Waals surface area contributed by atoms with E-state index in [1.807, 2.05) is 6.07 Å². The van der Waals surface area contributed by atoms with Crippen LogP contribution in [0.1, 0.15) is 31.7 Å². The molecule has 0 spiro atoms. The Balaban J connectivity index is 2.88. The lowest BCUT2D eigenvalue weighted by molar-refractivity contribution is 0.681. The van der Waals surface area contributed by atoms with Crippen molar-refractivity contribution < 1.29 is 0 Å². The van der Waals surface area contributed by atoms with Crippen LogP contribution in [0.2, 0.25) is 5.02 Å². The Morgan fingerprint density at radius 2 is 2.21 bits per heavy atom. The van der Waals surface area contributed by atoms with Gasteiger partial charge in [-0.3, -0.25) is 0 Å². The van der Waals surface area contributed by atoms with Gasteiger partial charge >= 0.3 is 0 Å². The molecule has 2 nitrogen and oxygen atoms in total. The van der Waals surface area contributed by atoms with Gasteiger partial charge in [0.25, 0.3) is 0 Å². The molecule has 0 radical (unpaired) electrons. The van der Waals surface area contributed by atoms with Crippen molar-refractivity contribution in [2.45, 2.75) is 31.0 Å². The van der Waals surface area contributed by atoms with Crippen LogP contribution in [0.15, 0.2) is 12.3 Å². The highest BCUT2D eigenvalue weighted by atomic mass is 79.9. The Morgan fingerprint density at radius 1 is 1.57 bits per heavy atom. The first-order valence-corrected chi connectivity index (χ1v) is 5.85. The summed E-state index contributed by atoms with van der Waals surface area (Å²) in [6.07, 6.45) is 2.59. The van der Waals surface area contributed by atoms with Crippen LogP contribution in [-0.4, -0.2) is 9.81 Å². The molecule has 0 amide bonds. The molecule has 2 N–H and O–H groups in total. The Hall–Kier alpha value is -0.280. The third kappa shape index (κ3) is 3.14. The third-order valence-corrected chi connectivity index (χ3v) is 2.71. The van der Waals surface area contributed by atoms with Crippen molar-refractivity contribution in [3.05, 3.63) is 22.8 Å². The second-order valence-corrected chi connectivity index (χ2v) is 5.55. The highest BCUT2D eigenvalue weighted by Gasteiger charge is 2.12. The van der Waals surface area contributed by atoms with Crippen LogP contribution in [0.4, 0.5) is 5.82 Å². The molecule has 1 rings (SSSR count). The molecule has 78 valence electrons. The largest absolute Gasteiger partial charge is 0.383 e. The lowest BCUT2D eigenvalue weighted by atomic mass is 9.97. The number of nitrogens with zero attached hydrogens (tertiary/aromatic N) is 1. The smallest absolute Gasteiger partial charge is 0.126 e. The van der Waals surface area contributed by atoms with E-state index < -0.39 is 0 Å². The monoisotopic (exact) mass is 276 g/mol. The number of anilines is 1. The summed E-state index contributed by atoms with van der Waals surface area (Å²) >= 11 is 9.39. The average Bonchev–Trinajstić information content (AvgIpc) is 2.08. The maximum Gasteiger partial charge on any atom is 0.126 e. The van der Waals surface area contributed by atoms with Crippen LogP contribution in [0.3, 0.4) is 0 Å². The Bertz CT molecular complexity index is 315. The maximum absolute atomic E-state index is 5.87. The SMILES string of the molecule is CC(Br)CC(C)c1cc(Cl)cnc1N. The second-order valence-electron chi connectivity index (χ2n) is 3.55. The van der Waals surface area contributed by atoms with Crippen LogP contribution >= 0.6 is 27.5 Å². The first-order valence-electron chi connectivity index (χ1n) is 4.55. The van der Waals surface area contributed by atoms with E-state index in [0.29, 0.717) is 21.6 Å². The van der Waals surface area contributed by atoms with Crippen molar-refractivity contribution in [1.82, 2.24) is 4.98 Å². The van der Waals surface area contributed by atoms with E-state index in [1.165, 1.54) is 0 Å². The summed E-state index contributed by atoms with van der Waals surface area (Å²) in [5.41, 5.74) is 6.81. The normalized spacial score (nSPS) is 15.1. The zero-order valence-corrected chi connectivity index (χ0v) is 10.6. The number of rotatable bonds is 3. The van der Waals surface area contributed by atoms with Gasteiger partial charge in [0.05, 0.1) is 5.02 Å². The molecule has 4 heteroatoms. The minimum atomic E-state index is 0.371.